The number of methoxy groups -OCH3 is 1. The highest BCUT2D eigenvalue weighted by Crippen LogP contribution is 2.35. The van der Waals surface area contributed by atoms with Gasteiger partial charge in [0.25, 0.3) is 0 Å². The average Bonchev–Trinajstić information content (AvgIpc) is 3.38. The summed E-state index contributed by atoms with van der Waals surface area (Å²) < 4.78 is 7.40. The minimum atomic E-state index is -0.0732. The van der Waals surface area contributed by atoms with Crippen LogP contribution in [0, 0.1) is 6.92 Å². The molecule has 0 fully saturated rings. The number of thioether (sulfide) groups is 1. The Morgan fingerprint density at radius 2 is 1.87 bits per heavy atom. The number of para-hydroxylation sites is 2. The van der Waals surface area contributed by atoms with Crippen LogP contribution in [0.2, 0.25) is 0 Å². The number of hydrogen-bond donors (Lipinski definition) is 1. The number of benzene rings is 3. The van der Waals surface area contributed by atoms with Crippen LogP contribution in [0.1, 0.15) is 17.0 Å². The van der Waals surface area contributed by atoms with Gasteiger partial charge in [0.15, 0.2) is 5.16 Å². The van der Waals surface area contributed by atoms with Gasteiger partial charge in [-0.3, -0.25) is 9.36 Å². The van der Waals surface area contributed by atoms with Crippen molar-refractivity contribution in [3.63, 3.8) is 0 Å². The number of carbonyl (C=O) groups is 1. The SMILES string of the molecule is COc1ccccc1-n1c(C)nnc1SCC(=O)Nc1ccc2c3c(cccc13)CC2. The second-order valence-corrected chi connectivity index (χ2v) is 8.43. The van der Waals surface area contributed by atoms with Crippen LogP contribution in [0.25, 0.3) is 16.5 Å². The maximum atomic E-state index is 12.8. The zero-order valence-corrected chi connectivity index (χ0v) is 18.2. The van der Waals surface area contributed by atoms with E-state index in [1.54, 1.807) is 7.11 Å². The number of amides is 1. The van der Waals surface area contributed by atoms with Crippen molar-refractivity contribution in [1.29, 1.82) is 0 Å². The number of nitrogens with zero attached hydrogens (tertiary/aromatic N) is 3. The standard InChI is InChI=1S/C24H22N4O2S/c1-15-26-27-24(28(15)20-8-3-4-9-21(20)30-2)31-14-22(29)25-19-13-12-17-11-10-16-6-5-7-18(19)23(16)17/h3-9,12-13H,10-11,14H2,1-2H3,(H,25,29). The molecule has 0 bridgehead atoms. The minimum absolute atomic E-state index is 0.0732. The molecule has 1 N–H and O–H groups in total. The predicted octanol–water partition coefficient (Wildman–Crippen LogP) is 4.57. The van der Waals surface area contributed by atoms with Crippen LogP contribution in [-0.2, 0) is 17.6 Å². The maximum absolute atomic E-state index is 12.8. The van der Waals surface area contributed by atoms with Crippen LogP contribution in [0.15, 0.2) is 59.8 Å². The van der Waals surface area contributed by atoms with Crippen LogP contribution in [0.3, 0.4) is 0 Å². The number of carbonyl (C=O) groups excluding carboxylic acids is 1. The molecule has 1 aromatic heterocycles. The summed E-state index contributed by atoms with van der Waals surface area (Å²) in [7, 11) is 1.64. The Morgan fingerprint density at radius 1 is 1.06 bits per heavy atom. The first-order valence-corrected chi connectivity index (χ1v) is 11.2. The van der Waals surface area contributed by atoms with E-state index in [0.29, 0.717) is 5.16 Å². The van der Waals surface area contributed by atoms with E-state index in [0.717, 1.165) is 41.2 Å². The molecule has 0 unspecified atom stereocenters. The Hall–Kier alpha value is -3.32. The Morgan fingerprint density at radius 3 is 2.71 bits per heavy atom. The smallest absolute Gasteiger partial charge is 0.234 e. The molecule has 0 saturated carbocycles. The highest BCUT2D eigenvalue weighted by molar-refractivity contribution is 7.99. The molecular weight excluding hydrogens is 408 g/mol. The van der Waals surface area contributed by atoms with Gasteiger partial charge in [0.05, 0.1) is 18.6 Å². The van der Waals surface area contributed by atoms with Gasteiger partial charge in [0.2, 0.25) is 5.91 Å². The summed E-state index contributed by atoms with van der Waals surface area (Å²) >= 11 is 1.36. The van der Waals surface area contributed by atoms with Gasteiger partial charge in [0.1, 0.15) is 11.6 Å². The lowest BCUT2D eigenvalue weighted by Gasteiger charge is -2.13. The fraction of sp³-hybridized carbons (Fsp3) is 0.208. The number of anilines is 1. The van der Waals surface area contributed by atoms with Gasteiger partial charge in [-0.15, -0.1) is 10.2 Å². The molecule has 0 saturated heterocycles. The fourth-order valence-corrected chi connectivity index (χ4v) is 4.99. The topological polar surface area (TPSA) is 69.0 Å². The molecule has 1 heterocycles. The largest absolute Gasteiger partial charge is 0.495 e. The molecule has 0 radical (unpaired) electrons. The summed E-state index contributed by atoms with van der Waals surface area (Å²) in [6.07, 6.45) is 2.13. The molecule has 31 heavy (non-hydrogen) atoms. The van der Waals surface area contributed by atoms with Crippen LogP contribution in [0.5, 0.6) is 5.75 Å². The van der Waals surface area contributed by atoms with E-state index >= 15 is 0 Å². The zero-order chi connectivity index (χ0) is 21.4. The molecule has 1 amide bonds. The molecule has 0 atom stereocenters. The van der Waals surface area contributed by atoms with Crippen LogP contribution in [-0.4, -0.2) is 33.5 Å². The van der Waals surface area contributed by atoms with Crippen molar-refractivity contribution < 1.29 is 9.53 Å². The van der Waals surface area contributed by atoms with E-state index in [-0.39, 0.29) is 11.7 Å². The highest BCUT2D eigenvalue weighted by Gasteiger charge is 2.18. The van der Waals surface area contributed by atoms with E-state index in [1.807, 2.05) is 41.8 Å². The molecule has 0 spiro atoms. The Labute approximate surface area is 184 Å². The van der Waals surface area contributed by atoms with Crippen molar-refractivity contribution in [2.24, 2.45) is 0 Å². The van der Waals surface area contributed by atoms with E-state index in [2.05, 4.69) is 39.8 Å². The van der Waals surface area contributed by atoms with Crippen LogP contribution < -0.4 is 10.1 Å². The number of nitrogens with one attached hydrogen (secondary N) is 1. The number of aryl methyl sites for hydroxylation is 3. The molecule has 4 aromatic rings. The van der Waals surface area contributed by atoms with Gasteiger partial charge in [-0.25, -0.2) is 0 Å². The second-order valence-electron chi connectivity index (χ2n) is 7.49. The van der Waals surface area contributed by atoms with Gasteiger partial charge in [-0.1, -0.05) is 48.2 Å². The lowest BCUT2D eigenvalue weighted by Crippen LogP contribution is -2.15. The highest BCUT2D eigenvalue weighted by atomic mass is 32.2. The molecule has 1 aliphatic rings. The third kappa shape index (κ3) is 3.55. The maximum Gasteiger partial charge on any atom is 0.234 e. The Kier molecular flexibility index (Phi) is 5.11. The summed E-state index contributed by atoms with van der Waals surface area (Å²) in [6.45, 7) is 1.89. The molecule has 6 nitrogen and oxygen atoms in total. The van der Waals surface area contributed by atoms with E-state index in [9.17, 15) is 4.79 Å². The molecule has 156 valence electrons. The van der Waals surface area contributed by atoms with Crippen molar-refractivity contribution in [2.45, 2.75) is 24.9 Å². The van der Waals surface area contributed by atoms with Gasteiger partial charge in [-0.05, 0) is 54.5 Å². The molecule has 5 rings (SSSR count). The summed E-state index contributed by atoms with van der Waals surface area (Å²) in [6, 6.07) is 18.2. The summed E-state index contributed by atoms with van der Waals surface area (Å²) in [5, 5.41) is 14.6. The average molecular weight is 431 g/mol. The monoisotopic (exact) mass is 430 g/mol. The van der Waals surface area contributed by atoms with Gasteiger partial charge < -0.3 is 10.1 Å². The van der Waals surface area contributed by atoms with Gasteiger partial charge in [0, 0.05) is 11.1 Å². The first-order chi connectivity index (χ1) is 15.2. The van der Waals surface area contributed by atoms with Crippen molar-refractivity contribution >= 4 is 34.1 Å². The van der Waals surface area contributed by atoms with Crippen LogP contribution in [0.4, 0.5) is 5.69 Å². The third-order valence-electron chi connectivity index (χ3n) is 5.60. The van der Waals surface area contributed by atoms with Crippen molar-refractivity contribution in [2.75, 3.05) is 18.2 Å². The van der Waals surface area contributed by atoms with Crippen molar-refractivity contribution in [3.05, 3.63) is 71.5 Å². The first kappa shape index (κ1) is 19.6. The second kappa shape index (κ2) is 8.07. The van der Waals surface area contributed by atoms with E-state index in [4.69, 9.17) is 4.74 Å². The molecule has 3 aromatic carbocycles. The van der Waals surface area contributed by atoms with Gasteiger partial charge in [-0.2, -0.15) is 0 Å². The first-order valence-electron chi connectivity index (χ1n) is 10.2. The number of rotatable bonds is 6. The van der Waals surface area contributed by atoms with Crippen molar-refractivity contribution in [3.8, 4) is 11.4 Å². The quantitative estimate of drug-likeness (QED) is 0.454. The molecular formula is C24H22N4O2S. The Balaban J connectivity index is 1.36. The third-order valence-corrected chi connectivity index (χ3v) is 6.53. The summed E-state index contributed by atoms with van der Waals surface area (Å²) in [5.41, 5.74) is 4.43. The van der Waals surface area contributed by atoms with Crippen LogP contribution >= 0.6 is 11.8 Å². The number of hydrogen-bond acceptors (Lipinski definition) is 5. The van der Waals surface area contributed by atoms with Gasteiger partial charge >= 0.3 is 0 Å². The van der Waals surface area contributed by atoms with E-state index < -0.39 is 0 Å². The predicted molar refractivity (Wildman–Crippen MR) is 123 cm³/mol. The number of ether oxygens (including phenoxy) is 1. The normalized spacial score (nSPS) is 12.3. The van der Waals surface area contributed by atoms with E-state index in [1.165, 1.54) is 28.3 Å². The fourth-order valence-electron chi connectivity index (χ4n) is 4.20. The summed E-state index contributed by atoms with van der Waals surface area (Å²) in [4.78, 5) is 12.8. The molecule has 7 heteroatoms. The lowest BCUT2D eigenvalue weighted by atomic mass is 10.0. The Bertz CT molecular complexity index is 1290. The zero-order valence-electron chi connectivity index (χ0n) is 17.4. The lowest BCUT2D eigenvalue weighted by molar-refractivity contribution is -0.113. The molecule has 0 aliphatic heterocycles. The minimum Gasteiger partial charge on any atom is -0.495 e. The molecule has 1 aliphatic carbocycles. The number of aromatic nitrogens is 3. The summed E-state index contributed by atoms with van der Waals surface area (Å²) in [5.74, 6) is 1.62. The van der Waals surface area contributed by atoms with Crippen molar-refractivity contribution in [1.82, 2.24) is 14.8 Å².